The predicted octanol–water partition coefficient (Wildman–Crippen LogP) is 5.55. The zero-order valence-corrected chi connectivity index (χ0v) is 21.3. The third-order valence-electron chi connectivity index (χ3n) is 6.00. The number of urea groups is 1. The number of rotatable bonds is 6. The summed E-state index contributed by atoms with van der Waals surface area (Å²) >= 11 is 3.49. The predicted molar refractivity (Wildman–Crippen MR) is 145 cm³/mol. The van der Waals surface area contributed by atoms with Gasteiger partial charge >= 0.3 is 12.0 Å². The molecule has 0 aromatic heterocycles. The molecule has 0 unspecified atom stereocenters. The molecule has 9 heteroatoms. The molecule has 0 saturated carbocycles. The number of ether oxygens (including phenoxy) is 1. The lowest BCUT2D eigenvalue weighted by Crippen LogP contribution is -2.54. The summed E-state index contributed by atoms with van der Waals surface area (Å²) in [4.78, 5) is 49.9. The van der Waals surface area contributed by atoms with E-state index in [1.165, 1.54) is 30.3 Å². The molecular formula is C29H19BrN2O6. The molecule has 5 rings (SSSR count). The van der Waals surface area contributed by atoms with Crippen LogP contribution >= 0.6 is 15.9 Å². The highest BCUT2D eigenvalue weighted by Gasteiger charge is 2.36. The number of halogens is 1. The summed E-state index contributed by atoms with van der Waals surface area (Å²) in [6.07, 6.45) is 1.38. The number of amides is 4. The lowest BCUT2D eigenvalue weighted by molar-refractivity contribution is -0.122. The van der Waals surface area contributed by atoms with Gasteiger partial charge in [0.05, 0.1) is 15.7 Å². The summed E-state index contributed by atoms with van der Waals surface area (Å²) in [5, 5.41) is 13.5. The molecule has 2 N–H and O–H groups in total. The number of fused-ring (bicyclic) bond motifs is 1. The normalized spacial score (nSPS) is 14.6. The van der Waals surface area contributed by atoms with Crippen LogP contribution in [-0.2, 0) is 16.2 Å². The van der Waals surface area contributed by atoms with Gasteiger partial charge in [-0.15, -0.1) is 0 Å². The Hall–Kier alpha value is -4.76. The molecule has 1 saturated heterocycles. The first-order chi connectivity index (χ1) is 18.3. The average molecular weight is 571 g/mol. The summed E-state index contributed by atoms with van der Waals surface area (Å²) in [5.74, 6) is -2.22. The summed E-state index contributed by atoms with van der Waals surface area (Å²) in [6, 6.07) is 23.5. The van der Waals surface area contributed by atoms with Crippen LogP contribution in [0.2, 0.25) is 0 Å². The summed E-state index contributed by atoms with van der Waals surface area (Å²) in [5.41, 5.74) is 1.45. The van der Waals surface area contributed by atoms with E-state index in [1.807, 2.05) is 42.5 Å². The molecule has 38 heavy (non-hydrogen) atoms. The van der Waals surface area contributed by atoms with Gasteiger partial charge in [-0.3, -0.25) is 14.9 Å². The van der Waals surface area contributed by atoms with E-state index >= 15 is 0 Å². The van der Waals surface area contributed by atoms with Crippen LogP contribution in [0.5, 0.6) is 5.75 Å². The number of barbiturate groups is 1. The minimum Gasteiger partial charge on any atom is -0.488 e. The third kappa shape index (κ3) is 4.91. The van der Waals surface area contributed by atoms with Gasteiger partial charge in [-0.05, 0) is 80.3 Å². The van der Waals surface area contributed by atoms with Crippen molar-refractivity contribution in [1.29, 1.82) is 0 Å². The van der Waals surface area contributed by atoms with Crippen molar-refractivity contribution in [3.63, 3.8) is 0 Å². The molecule has 1 aliphatic heterocycles. The van der Waals surface area contributed by atoms with Gasteiger partial charge in [0.2, 0.25) is 0 Å². The molecule has 0 atom stereocenters. The zero-order valence-electron chi connectivity index (χ0n) is 19.7. The van der Waals surface area contributed by atoms with Crippen molar-refractivity contribution in [3.05, 3.63) is 112 Å². The van der Waals surface area contributed by atoms with Crippen LogP contribution in [0, 0.1) is 0 Å². The van der Waals surface area contributed by atoms with Crippen molar-refractivity contribution in [1.82, 2.24) is 5.32 Å². The van der Waals surface area contributed by atoms with Crippen LogP contribution in [0.25, 0.3) is 16.8 Å². The van der Waals surface area contributed by atoms with Gasteiger partial charge in [0.1, 0.15) is 17.9 Å². The maximum absolute atomic E-state index is 13.1. The van der Waals surface area contributed by atoms with Crippen LogP contribution in [-0.4, -0.2) is 28.9 Å². The first-order valence-corrected chi connectivity index (χ1v) is 12.2. The second-order valence-electron chi connectivity index (χ2n) is 8.43. The molecule has 0 radical (unpaired) electrons. The summed E-state index contributed by atoms with van der Waals surface area (Å²) < 4.78 is 6.64. The Balaban J connectivity index is 1.37. The van der Waals surface area contributed by atoms with E-state index in [0.717, 1.165) is 21.2 Å². The number of carboxylic acids is 1. The van der Waals surface area contributed by atoms with Crippen molar-refractivity contribution in [2.75, 3.05) is 4.90 Å². The van der Waals surface area contributed by atoms with E-state index in [0.29, 0.717) is 22.4 Å². The maximum Gasteiger partial charge on any atom is 0.335 e. The van der Waals surface area contributed by atoms with Gasteiger partial charge in [-0.1, -0.05) is 48.5 Å². The second-order valence-corrected chi connectivity index (χ2v) is 9.28. The first kappa shape index (κ1) is 24.9. The summed E-state index contributed by atoms with van der Waals surface area (Å²) in [7, 11) is 0. The molecule has 4 aromatic rings. The van der Waals surface area contributed by atoms with Gasteiger partial charge in [0, 0.05) is 0 Å². The van der Waals surface area contributed by atoms with Crippen LogP contribution in [0.1, 0.15) is 21.5 Å². The number of anilines is 1. The van der Waals surface area contributed by atoms with Gasteiger partial charge in [0.15, 0.2) is 0 Å². The fourth-order valence-electron chi connectivity index (χ4n) is 4.11. The number of nitrogens with zero attached hydrogens (tertiary/aromatic N) is 1. The van der Waals surface area contributed by atoms with E-state index < -0.39 is 23.8 Å². The number of hydrogen-bond acceptors (Lipinski definition) is 5. The van der Waals surface area contributed by atoms with E-state index in [2.05, 4.69) is 21.2 Å². The number of hydrogen-bond donors (Lipinski definition) is 2. The Kier molecular flexibility index (Phi) is 6.76. The monoisotopic (exact) mass is 570 g/mol. The van der Waals surface area contributed by atoms with Crippen molar-refractivity contribution in [2.45, 2.75) is 6.61 Å². The number of nitrogens with one attached hydrogen (secondary N) is 1. The quantitative estimate of drug-likeness (QED) is 0.232. The minimum absolute atomic E-state index is 0.00179. The van der Waals surface area contributed by atoms with Crippen LogP contribution in [0.4, 0.5) is 10.5 Å². The van der Waals surface area contributed by atoms with Crippen LogP contribution in [0.15, 0.2) is 95.0 Å². The SMILES string of the molecule is O=C1NC(=O)N(c2ccc(C(=O)O)cc2)C(=O)/C1=C/c1ccc(OCc2cccc3ccccc23)c(Br)c1. The number of imide groups is 2. The number of carbonyl (C=O) groups excluding carboxylic acids is 3. The highest BCUT2D eigenvalue weighted by molar-refractivity contribution is 9.10. The number of benzene rings is 4. The Bertz CT molecular complexity index is 1640. The lowest BCUT2D eigenvalue weighted by Gasteiger charge is -2.26. The van der Waals surface area contributed by atoms with Crippen molar-refractivity contribution in [3.8, 4) is 5.75 Å². The second kappa shape index (κ2) is 10.3. The number of carboxylic acid groups (broad SMARTS) is 1. The highest BCUT2D eigenvalue weighted by atomic mass is 79.9. The molecule has 0 spiro atoms. The minimum atomic E-state index is -1.14. The van der Waals surface area contributed by atoms with Gasteiger partial charge in [-0.2, -0.15) is 0 Å². The highest BCUT2D eigenvalue weighted by Crippen LogP contribution is 2.30. The Labute approximate surface area is 225 Å². The molecule has 4 aromatic carbocycles. The van der Waals surface area contributed by atoms with E-state index in [4.69, 9.17) is 9.84 Å². The molecule has 1 aliphatic rings. The fraction of sp³-hybridized carbons (Fsp3) is 0.0345. The molecule has 4 amide bonds. The first-order valence-electron chi connectivity index (χ1n) is 11.5. The molecule has 188 valence electrons. The van der Waals surface area contributed by atoms with Crippen molar-refractivity contribution < 1.29 is 29.0 Å². The standard InChI is InChI=1S/C29H19BrN2O6/c30-24-15-17(8-13-25(24)38-16-20-6-3-5-18-4-1-2-7-22(18)20)14-23-26(33)31-29(37)32(27(23)34)21-11-9-19(10-12-21)28(35)36/h1-15H,16H2,(H,35,36)(H,31,33,37)/b23-14+. The van der Waals surface area contributed by atoms with Crippen LogP contribution < -0.4 is 15.0 Å². The Morgan fingerprint density at radius 1 is 0.947 bits per heavy atom. The Morgan fingerprint density at radius 2 is 1.68 bits per heavy atom. The number of aromatic carboxylic acids is 1. The fourth-order valence-corrected chi connectivity index (χ4v) is 4.62. The number of carbonyl (C=O) groups is 4. The topological polar surface area (TPSA) is 113 Å². The maximum atomic E-state index is 13.1. The lowest BCUT2D eigenvalue weighted by atomic mass is 10.1. The summed E-state index contributed by atoms with van der Waals surface area (Å²) in [6.45, 7) is 0.346. The molecule has 0 aliphatic carbocycles. The van der Waals surface area contributed by atoms with Gasteiger partial charge < -0.3 is 9.84 Å². The van der Waals surface area contributed by atoms with E-state index in [-0.39, 0.29) is 16.8 Å². The van der Waals surface area contributed by atoms with Gasteiger partial charge in [-0.25, -0.2) is 14.5 Å². The average Bonchev–Trinajstić information content (AvgIpc) is 2.91. The third-order valence-corrected chi connectivity index (χ3v) is 6.62. The van der Waals surface area contributed by atoms with Crippen LogP contribution in [0.3, 0.4) is 0 Å². The smallest absolute Gasteiger partial charge is 0.335 e. The molecular weight excluding hydrogens is 552 g/mol. The molecule has 1 fully saturated rings. The van der Waals surface area contributed by atoms with E-state index in [1.54, 1.807) is 18.2 Å². The van der Waals surface area contributed by atoms with E-state index in [9.17, 15) is 19.2 Å². The Morgan fingerprint density at radius 3 is 2.42 bits per heavy atom. The largest absolute Gasteiger partial charge is 0.488 e. The van der Waals surface area contributed by atoms with Crippen molar-refractivity contribution >= 4 is 62.3 Å². The molecule has 0 bridgehead atoms. The molecule has 8 nitrogen and oxygen atoms in total. The zero-order chi connectivity index (χ0) is 26.8. The van der Waals surface area contributed by atoms with Gasteiger partial charge in [0.25, 0.3) is 11.8 Å². The molecule has 1 heterocycles. The van der Waals surface area contributed by atoms with Crippen molar-refractivity contribution in [2.24, 2.45) is 0 Å².